The van der Waals surface area contributed by atoms with Gasteiger partial charge < -0.3 is 5.32 Å². The molecule has 0 aromatic heterocycles. The van der Waals surface area contributed by atoms with Crippen LogP contribution in [0.4, 0.5) is 24.5 Å². The van der Waals surface area contributed by atoms with Crippen LogP contribution in [0, 0.1) is 34.5 Å². The normalized spacial score (nSPS) is 10.5. The fraction of sp³-hybridized carbons (Fsp3) is 0.143. The number of aryl methyl sites for hydroxylation is 1. The van der Waals surface area contributed by atoms with Crippen molar-refractivity contribution < 1.29 is 18.1 Å². The molecule has 0 bridgehead atoms. The van der Waals surface area contributed by atoms with Crippen molar-refractivity contribution in [1.29, 1.82) is 0 Å². The summed E-state index contributed by atoms with van der Waals surface area (Å²) in [6, 6.07) is 6.26. The lowest BCUT2D eigenvalue weighted by Crippen LogP contribution is -2.03. The van der Waals surface area contributed by atoms with E-state index in [1.165, 1.54) is 6.07 Å². The van der Waals surface area contributed by atoms with Gasteiger partial charge in [-0.05, 0) is 12.5 Å². The van der Waals surface area contributed by atoms with E-state index in [0.29, 0.717) is 11.1 Å². The highest BCUT2D eigenvalue weighted by Gasteiger charge is 2.12. The van der Waals surface area contributed by atoms with E-state index in [4.69, 9.17) is 0 Å². The van der Waals surface area contributed by atoms with Crippen LogP contribution in [0.1, 0.15) is 11.1 Å². The van der Waals surface area contributed by atoms with E-state index < -0.39 is 22.4 Å². The zero-order valence-corrected chi connectivity index (χ0v) is 11.0. The summed E-state index contributed by atoms with van der Waals surface area (Å²) >= 11 is 0. The molecule has 2 aromatic rings. The van der Waals surface area contributed by atoms with Crippen LogP contribution in [0.25, 0.3) is 0 Å². The van der Waals surface area contributed by atoms with Gasteiger partial charge in [0, 0.05) is 36.0 Å². The fourth-order valence-electron chi connectivity index (χ4n) is 1.82. The summed E-state index contributed by atoms with van der Waals surface area (Å²) in [4.78, 5) is 10.3. The van der Waals surface area contributed by atoms with Crippen molar-refractivity contribution in [3.63, 3.8) is 0 Å². The fourth-order valence-corrected chi connectivity index (χ4v) is 1.82. The van der Waals surface area contributed by atoms with Crippen molar-refractivity contribution in [3.8, 4) is 0 Å². The number of anilines is 1. The molecule has 2 aromatic carbocycles. The topological polar surface area (TPSA) is 55.2 Å². The van der Waals surface area contributed by atoms with E-state index in [-0.39, 0.29) is 17.9 Å². The Kier molecular flexibility index (Phi) is 4.11. The summed E-state index contributed by atoms with van der Waals surface area (Å²) in [6.07, 6.45) is 0. The number of nitrogens with zero attached hydrogens (tertiary/aromatic N) is 1. The monoisotopic (exact) mass is 296 g/mol. The molecular weight excluding hydrogens is 285 g/mol. The molecule has 0 saturated carbocycles. The van der Waals surface area contributed by atoms with E-state index >= 15 is 0 Å². The molecule has 2 rings (SSSR count). The van der Waals surface area contributed by atoms with Crippen LogP contribution in [0.5, 0.6) is 0 Å². The number of rotatable bonds is 4. The Balaban J connectivity index is 2.17. The van der Waals surface area contributed by atoms with Crippen molar-refractivity contribution >= 4 is 11.4 Å². The van der Waals surface area contributed by atoms with Crippen LogP contribution < -0.4 is 5.32 Å². The molecule has 7 heteroatoms. The van der Waals surface area contributed by atoms with Crippen LogP contribution in [0.2, 0.25) is 0 Å². The van der Waals surface area contributed by atoms with Gasteiger partial charge in [-0.25, -0.2) is 13.2 Å². The molecule has 4 nitrogen and oxygen atoms in total. The maximum absolute atomic E-state index is 13.0. The van der Waals surface area contributed by atoms with Crippen LogP contribution in [0.15, 0.2) is 30.3 Å². The molecule has 0 unspecified atom stereocenters. The summed E-state index contributed by atoms with van der Waals surface area (Å²) in [6.45, 7) is 1.73. The predicted molar refractivity (Wildman–Crippen MR) is 71.5 cm³/mol. The molecule has 0 aliphatic heterocycles. The summed E-state index contributed by atoms with van der Waals surface area (Å²) in [5.74, 6) is -4.13. The van der Waals surface area contributed by atoms with Crippen molar-refractivity contribution in [1.82, 2.24) is 0 Å². The Labute approximate surface area is 118 Å². The van der Waals surface area contributed by atoms with Crippen molar-refractivity contribution in [2.24, 2.45) is 0 Å². The third kappa shape index (κ3) is 3.31. The second-order valence-electron chi connectivity index (χ2n) is 4.49. The van der Waals surface area contributed by atoms with E-state index in [0.717, 1.165) is 12.1 Å². The minimum atomic E-state index is -1.54. The van der Waals surface area contributed by atoms with Crippen molar-refractivity contribution in [3.05, 3.63) is 69.0 Å². The number of nitro groups is 1. The smallest absolute Gasteiger partial charge is 0.272 e. The summed E-state index contributed by atoms with van der Waals surface area (Å²) in [5, 5.41) is 13.5. The number of nitro benzene ring substituents is 1. The minimum Gasteiger partial charge on any atom is -0.381 e. The summed E-state index contributed by atoms with van der Waals surface area (Å²) in [7, 11) is 0. The third-order valence-corrected chi connectivity index (χ3v) is 2.95. The predicted octanol–water partition coefficient (Wildman–Crippen LogP) is 3.93. The van der Waals surface area contributed by atoms with Crippen LogP contribution in [-0.4, -0.2) is 4.92 Å². The van der Waals surface area contributed by atoms with Crippen molar-refractivity contribution in [2.45, 2.75) is 13.5 Å². The molecule has 21 heavy (non-hydrogen) atoms. The highest BCUT2D eigenvalue weighted by atomic mass is 19.2. The van der Waals surface area contributed by atoms with Gasteiger partial charge in [0.1, 0.15) is 0 Å². The van der Waals surface area contributed by atoms with Crippen LogP contribution in [-0.2, 0) is 6.54 Å². The second kappa shape index (κ2) is 5.82. The quantitative estimate of drug-likeness (QED) is 0.528. The molecule has 0 aliphatic rings. The Morgan fingerprint density at radius 2 is 1.76 bits per heavy atom. The van der Waals surface area contributed by atoms with E-state index in [1.807, 2.05) is 0 Å². The number of halogens is 3. The summed E-state index contributed by atoms with van der Waals surface area (Å²) < 4.78 is 38.9. The minimum absolute atomic E-state index is 0.0363. The highest BCUT2D eigenvalue weighted by molar-refractivity contribution is 5.47. The molecule has 1 N–H and O–H groups in total. The van der Waals surface area contributed by atoms with Crippen molar-refractivity contribution in [2.75, 3.05) is 5.32 Å². The molecule has 0 fully saturated rings. The highest BCUT2D eigenvalue weighted by Crippen LogP contribution is 2.21. The van der Waals surface area contributed by atoms with Gasteiger partial charge in [-0.3, -0.25) is 10.1 Å². The van der Waals surface area contributed by atoms with Gasteiger partial charge >= 0.3 is 0 Å². The lowest BCUT2D eigenvalue weighted by molar-refractivity contribution is -0.385. The molecule has 110 valence electrons. The SMILES string of the molecule is Cc1ccc(CNc2cc(F)c(F)c(F)c2)cc1[N+](=O)[O-]. The first kappa shape index (κ1) is 14.8. The number of nitrogens with one attached hydrogen (secondary N) is 1. The molecule has 0 saturated heterocycles. The van der Waals surface area contributed by atoms with E-state index in [1.54, 1.807) is 19.1 Å². The lowest BCUT2D eigenvalue weighted by Gasteiger charge is -2.08. The zero-order valence-electron chi connectivity index (χ0n) is 11.0. The lowest BCUT2D eigenvalue weighted by atomic mass is 10.1. The number of benzene rings is 2. The number of hydrogen-bond acceptors (Lipinski definition) is 3. The molecule has 0 spiro atoms. The Morgan fingerprint density at radius 3 is 2.33 bits per heavy atom. The maximum Gasteiger partial charge on any atom is 0.272 e. The first-order chi connectivity index (χ1) is 9.88. The Hall–Kier alpha value is -2.57. The van der Waals surface area contributed by atoms with Gasteiger partial charge in [0.15, 0.2) is 17.5 Å². The van der Waals surface area contributed by atoms with Crippen LogP contribution in [0.3, 0.4) is 0 Å². The van der Waals surface area contributed by atoms with Gasteiger partial charge in [-0.1, -0.05) is 12.1 Å². The second-order valence-corrected chi connectivity index (χ2v) is 4.49. The van der Waals surface area contributed by atoms with E-state index in [2.05, 4.69) is 5.32 Å². The first-order valence-electron chi connectivity index (χ1n) is 6.01. The average molecular weight is 296 g/mol. The largest absolute Gasteiger partial charge is 0.381 e. The average Bonchev–Trinajstić information content (AvgIpc) is 2.43. The Bertz CT molecular complexity index is 682. The van der Waals surface area contributed by atoms with Gasteiger partial charge in [0.25, 0.3) is 5.69 Å². The first-order valence-corrected chi connectivity index (χ1v) is 6.01. The Morgan fingerprint density at radius 1 is 1.14 bits per heavy atom. The van der Waals surface area contributed by atoms with Gasteiger partial charge in [0.2, 0.25) is 0 Å². The molecule has 0 atom stereocenters. The molecule has 0 aliphatic carbocycles. The van der Waals surface area contributed by atoms with Gasteiger partial charge in [0.05, 0.1) is 4.92 Å². The van der Waals surface area contributed by atoms with Gasteiger partial charge in [-0.2, -0.15) is 0 Å². The van der Waals surface area contributed by atoms with E-state index in [9.17, 15) is 23.3 Å². The standard InChI is InChI=1S/C14H11F3N2O2/c1-8-2-3-9(4-13(8)19(20)21)7-18-10-5-11(15)14(17)12(16)6-10/h2-6,18H,7H2,1H3. The number of hydrogen-bond donors (Lipinski definition) is 1. The molecule has 0 amide bonds. The molecular formula is C14H11F3N2O2. The molecule has 0 heterocycles. The molecule has 0 radical (unpaired) electrons. The summed E-state index contributed by atoms with van der Waals surface area (Å²) in [5.41, 5.74) is 1.10. The maximum atomic E-state index is 13.0. The third-order valence-electron chi connectivity index (χ3n) is 2.95. The van der Waals surface area contributed by atoms with Crippen LogP contribution >= 0.6 is 0 Å². The zero-order chi connectivity index (χ0) is 15.6. The van der Waals surface area contributed by atoms with Gasteiger partial charge in [-0.15, -0.1) is 0 Å².